The molecule has 0 bridgehead atoms. The Labute approximate surface area is 158 Å². The average Bonchev–Trinajstić information content (AvgIpc) is 2.82. The van der Waals surface area contributed by atoms with Gasteiger partial charge < -0.3 is 10.2 Å². The summed E-state index contributed by atoms with van der Waals surface area (Å²) in [5.41, 5.74) is 0.250. The average molecular weight is 365 g/mol. The maximum Gasteiger partial charge on any atom is 0.303 e. The van der Waals surface area contributed by atoms with E-state index in [9.17, 15) is 14.7 Å². The second kappa shape index (κ2) is 11.3. The van der Waals surface area contributed by atoms with Crippen molar-refractivity contribution >= 4 is 11.8 Å². The van der Waals surface area contributed by atoms with Crippen molar-refractivity contribution in [3.63, 3.8) is 0 Å². The minimum Gasteiger partial charge on any atom is -0.481 e. The van der Waals surface area contributed by atoms with Crippen LogP contribution in [0.3, 0.4) is 0 Å². The van der Waals surface area contributed by atoms with Gasteiger partial charge in [0.15, 0.2) is 0 Å². The number of Topliss-reactive ketones (excluding diaryl/α,β-unsaturated/α-hetero) is 1. The third-order valence-electron chi connectivity index (χ3n) is 5.29. The molecule has 0 aliphatic heterocycles. The van der Waals surface area contributed by atoms with Gasteiger partial charge in [-0.15, -0.1) is 0 Å². The molecule has 26 heavy (non-hydrogen) atoms. The zero-order valence-corrected chi connectivity index (χ0v) is 16.6. The molecule has 3 atom stereocenters. The summed E-state index contributed by atoms with van der Waals surface area (Å²) in [5, 5.41) is 18.9. The summed E-state index contributed by atoms with van der Waals surface area (Å²) < 4.78 is 0. The summed E-state index contributed by atoms with van der Waals surface area (Å²) in [6, 6.07) is 0. The summed E-state index contributed by atoms with van der Waals surface area (Å²) in [6.07, 6.45) is 14.5. The smallest absolute Gasteiger partial charge is 0.303 e. The fourth-order valence-electron chi connectivity index (χ4n) is 3.56. The molecule has 0 spiro atoms. The Hall–Kier alpha value is -1.42. The van der Waals surface area contributed by atoms with E-state index in [-0.39, 0.29) is 35.9 Å². The maximum atomic E-state index is 12.2. The first-order valence-electron chi connectivity index (χ1n) is 10.0. The van der Waals surface area contributed by atoms with E-state index in [0.717, 1.165) is 6.42 Å². The van der Waals surface area contributed by atoms with Crippen LogP contribution in [0.15, 0.2) is 24.3 Å². The number of allylic oxidation sites excluding steroid dienone is 3. The van der Waals surface area contributed by atoms with Crippen molar-refractivity contribution in [1.29, 1.82) is 0 Å². The van der Waals surface area contributed by atoms with Gasteiger partial charge in [0.05, 0.1) is 6.10 Å². The van der Waals surface area contributed by atoms with Crippen LogP contribution in [-0.4, -0.2) is 28.1 Å². The van der Waals surface area contributed by atoms with Crippen LogP contribution >= 0.6 is 0 Å². The van der Waals surface area contributed by atoms with Crippen LogP contribution in [0.1, 0.15) is 78.6 Å². The van der Waals surface area contributed by atoms with E-state index in [0.29, 0.717) is 19.3 Å². The second-order valence-electron chi connectivity index (χ2n) is 8.31. The van der Waals surface area contributed by atoms with Crippen molar-refractivity contribution in [2.24, 2.45) is 17.3 Å². The zero-order chi connectivity index (χ0) is 19.6. The van der Waals surface area contributed by atoms with Crippen LogP contribution in [0.5, 0.6) is 0 Å². The van der Waals surface area contributed by atoms with Crippen molar-refractivity contribution in [3.05, 3.63) is 24.3 Å². The van der Waals surface area contributed by atoms with E-state index in [1.54, 1.807) is 0 Å². The quantitative estimate of drug-likeness (QED) is 0.381. The van der Waals surface area contributed by atoms with Crippen molar-refractivity contribution < 1.29 is 19.8 Å². The van der Waals surface area contributed by atoms with Gasteiger partial charge in [0, 0.05) is 24.7 Å². The Balaban J connectivity index is 2.53. The first-order valence-corrected chi connectivity index (χ1v) is 10.0. The van der Waals surface area contributed by atoms with Gasteiger partial charge in [-0.05, 0) is 37.5 Å². The highest BCUT2D eigenvalue weighted by Crippen LogP contribution is 2.34. The monoisotopic (exact) mass is 364 g/mol. The van der Waals surface area contributed by atoms with Gasteiger partial charge in [-0.1, -0.05) is 57.9 Å². The van der Waals surface area contributed by atoms with Crippen LogP contribution in [0.25, 0.3) is 0 Å². The molecule has 1 aliphatic rings. The van der Waals surface area contributed by atoms with Crippen molar-refractivity contribution in [2.75, 3.05) is 0 Å². The Morgan fingerprint density at radius 2 is 1.96 bits per heavy atom. The van der Waals surface area contributed by atoms with E-state index in [1.807, 2.05) is 18.2 Å². The van der Waals surface area contributed by atoms with Crippen molar-refractivity contribution in [2.45, 2.75) is 84.7 Å². The molecule has 0 aromatic carbocycles. The number of unbranched alkanes of at least 4 members (excludes halogenated alkanes) is 2. The lowest BCUT2D eigenvalue weighted by atomic mass is 9.83. The Morgan fingerprint density at radius 3 is 2.62 bits per heavy atom. The van der Waals surface area contributed by atoms with Gasteiger partial charge in [0.25, 0.3) is 0 Å². The number of carboxylic acids is 1. The van der Waals surface area contributed by atoms with Crippen LogP contribution in [-0.2, 0) is 9.59 Å². The lowest BCUT2D eigenvalue weighted by molar-refractivity contribution is -0.137. The molecule has 0 aromatic heterocycles. The third-order valence-corrected chi connectivity index (χ3v) is 5.29. The molecule has 1 fully saturated rings. The molecule has 3 unspecified atom stereocenters. The SMILES string of the molecule is CCCCC(C)(C)CC=CC1C(O)CC(=O)C1CC=CCCCC(=O)O. The molecule has 0 heterocycles. The summed E-state index contributed by atoms with van der Waals surface area (Å²) >= 11 is 0. The first-order chi connectivity index (χ1) is 12.3. The van der Waals surface area contributed by atoms with Crippen LogP contribution in [0.4, 0.5) is 0 Å². The molecule has 4 nitrogen and oxygen atoms in total. The number of aliphatic hydroxyl groups is 1. The molecule has 1 saturated carbocycles. The third kappa shape index (κ3) is 8.31. The molecule has 1 rings (SSSR count). The predicted octanol–water partition coefficient (Wildman–Crippen LogP) is 4.92. The molecule has 1 aliphatic carbocycles. The van der Waals surface area contributed by atoms with E-state index >= 15 is 0 Å². The summed E-state index contributed by atoms with van der Waals surface area (Å²) in [7, 11) is 0. The number of carboxylic acid groups (broad SMARTS) is 1. The maximum absolute atomic E-state index is 12.2. The minimum absolute atomic E-state index is 0.104. The molecule has 0 saturated heterocycles. The fraction of sp³-hybridized carbons (Fsp3) is 0.727. The molecule has 0 aromatic rings. The highest BCUT2D eigenvalue weighted by atomic mass is 16.4. The lowest BCUT2D eigenvalue weighted by Crippen LogP contribution is -2.18. The lowest BCUT2D eigenvalue weighted by Gasteiger charge is -2.23. The highest BCUT2D eigenvalue weighted by molar-refractivity contribution is 5.84. The van der Waals surface area contributed by atoms with Crippen LogP contribution < -0.4 is 0 Å². The molecule has 4 heteroatoms. The van der Waals surface area contributed by atoms with E-state index in [2.05, 4.69) is 26.8 Å². The Bertz CT molecular complexity index is 504. The number of aliphatic carboxylic acids is 1. The summed E-state index contributed by atoms with van der Waals surface area (Å²) in [6.45, 7) is 6.73. The normalized spacial score (nSPS) is 24.2. The molecular formula is C22H36O4. The molecule has 0 radical (unpaired) electrons. The number of carbonyl (C=O) groups is 2. The van der Waals surface area contributed by atoms with Crippen molar-refractivity contribution in [1.82, 2.24) is 0 Å². The number of hydrogen-bond acceptors (Lipinski definition) is 3. The number of hydrogen-bond donors (Lipinski definition) is 2. The molecule has 148 valence electrons. The van der Waals surface area contributed by atoms with Gasteiger partial charge in [0.2, 0.25) is 0 Å². The number of rotatable bonds is 12. The number of ketones is 1. The van der Waals surface area contributed by atoms with E-state index in [1.165, 1.54) is 19.3 Å². The van der Waals surface area contributed by atoms with Gasteiger partial charge in [-0.25, -0.2) is 0 Å². The number of aliphatic hydroxyl groups excluding tert-OH is 1. The van der Waals surface area contributed by atoms with Crippen LogP contribution in [0, 0.1) is 17.3 Å². The minimum atomic E-state index is -0.778. The van der Waals surface area contributed by atoms with E-state index < -0.39 is 12.1 Å². The highest BCUT2D eigenvalue weighted by Gasteiger charge is 2.39. The zero-order valence-electron chi connectivity index (χ0n) is 16.6. The van der Waals surface area contributed by atoms with E-state index in [4.69, 9.17) is 5.11 Å². The van der Waals surface area contributed by atoms with Crippen LogP contribution in [0.2, 0.25) is 0 Å². The Morgan fingerprint density at radius 1 is 1.23 bits per heavy atom. The van der Waals surface area contributed by atoms with Gasteiger partial charge >= 0.3 is 5.97 Å². The molecule has 0 amide bonds. The molecule has 2 N–H and O–H groups in total. The number of carbonyl (C=O) groups excluding carboxylic acids is 1. The standard InChI is InChI=1S/C22H36O4/c1-4-5-14-22(2,3)15-10-12-18-17(19(23)16-20(18)24)11-8-6-7-9-13-21(25)26/h6,8,10,12,17-18,20,24H,4-5,7,9,11,13-16H2,1-3H3,(H,25,26). The fourth-order valence-corrected chi connectivity index (χ4v) is 3.56. The van der Waals surface area contributed by atoms with Gasteiger partial charge in [-0.3, -0.25) is 9.59 Å². The van der Waals surface area contributed by atoms with Gasteiger partial charge in [-0.2, -0.15) is 0 Å². The molecular weight excluding hydrogens is 328 g/mol. The van der Waals surface area contributed by atoms with Gasteiger partial charge in [0.1, 0.15) is 5.78 Å². The second-order valence-corrected chi connectivity index (χ2v) is 8.31. The summed E-state index contributed by atoms with van der Waals surface area (Å²) in [4.78, 5) is 22.7. The topological polar surface area (TPSA) is 74.6 Å². The van der Waals surface area contributed by atoms with Crippen molar-refractivity contribution in [3.8, 4) is 0 Å². The Kier molecular flexibility index (Phi) is 9.85. The largest absolute Gasteiger partial charge is 0.481 e. The first kappa shape index (κ1) is 22.6. The summed E-state index contributed by atoms with van der Waals surface area (Å²) in [5.74, 6) is -0.906. The predicted molar refractivity (Wildman–Crippen MR) is 105 cm³/mol.